The molecule has 1 atom stereocenters. The summed E-state index contributed by atoms with van der Waals surface area (Å²) >= 11 is 0. The number of hydrogen-bond donors (Lipinski definition) is 1. The molecule has 0 unspecified atom stereocenters. The van der Waals surface area contributed by atoms with Gasteiger partial charge < -0.3 is 10.1 Å². The van der Waals surface area contributed by atoms with Crippen LogP contribution < -0.4 is 10.1 Å². The lowest BCUT2D eigenvalue weighted by atomic mass is 10.00. The summed E-state index contributed by atoms with van der Waals surface area (Å²) in [6.45, 7) is 0.602. The Kier molecular flexibility index (Phi) is 3.42. The van der Waals surface area contributed by atoms with Crippen molar-refractivity contribution in [1.29, 1.82) is 0 Å². The van der Waals surface area contributed by atoms with Gasteiger partial charge >= 0.3 is 0 Å². The van der Waals surface area contributed by atoms with E-state index >= 15 is 0 Å². The predicted molar refractivity (Wildman–Crippen MR) is 88.5 cm³/mol. The van der Waals surface area contributed by atoms with Crippen molar-refractivity contribution < 1.29 is 9.53 Å². The normalized spacial score (nSPS) is 16.4. The van der Waals surface area contributed by atoms with E-state index in [1.54, 1.807) is 6.20 Å². The number of carbonyl (C=O) groups excluding carboxylic acids is 1. The highest BCUT2D eigenvalue weighted by Crippen LogP contribution is 2.31. The van der Waals surface area contributed by atoms with Gasteiger partial charge in [0.05, 0.1) is 12.6 Å². The molecule has 2 heterocycles. The number of nitrogens with one attached hydrogen (secondary N) is 1. The minimum Gasteiger partial charge on any atom is -0.493 e. The van der Waals surface area contributed by atoms with Crippen LogP contribution in [0.5, 0.6) is 5.75 Å². The lowest BCUT2D eigenvalue weighted by Crippen LogP contribution is -2.32. The van der Waals surface area contributed by atoms with Crippen LogP contribution >= 0.6 is 0 Å². The Labute approximate surface area is 134 Å². The van der Waals surface area contributed by atoms with Crippen LogP contribution in [0.15, 0.2) is 60.8 Å². The number of carbonyl (C=O) groups is 1. The van der Waals surface area contributed by atoms with E-state index in [9.17, 15) is 4.79 Å². The number of aromatic nitrogens is 1. The SMILES string of the molecule is O=C(N[C@@H]1CCOc2ccccc21)c1nccc2ccccc12. The topological polar surface area (TPSA) is 51.2 Å². The molecule has 4 heteroatoms. The number of hydrogen-bond acceptors (Lipinski definition) is 3. The van der Waals surface area contributed by atoms with Crippen LogP contribution in [-0.2, 0) is 0 Å². The molecule has 4 rings (SSSR count). The summed E-state index contributed by atoms with van der Waals surface area (Å²) in [5.74, 6) is 0.693. The van der Waals surface area contributed by atoms with Crippen LogP contribution in [0.25, 0.3) is 10.8 Å². The third kappa shape index (κ3) is 2.52. The second-order valence-electron chi connectivity index (χ2n) is 5.58. The van der Waals surface area contributed by atoms with Crippen molar-refractivity contribution in [2.75, 3.05) is 6.61 Å². The minimum absolute atomic E-state index is 0.0479. The zero-order chi connectivity index (χ0) is 15.6. The van der Waals surface area contributed by atoms with Crippen molar-refractivity contribution in [2.24, 2.45) is 0 Å². The molecule has 1 aliphatic rings. The summed E-state index contributed by atoms with van der Waals surface area (Å²) in [4.78, 5) is 17.0. The van der Waals surface area contributed by atoms with Gasteiger partial charge in [-0.3, -0.25) is 9.78 Å². The molecule has 1 N–H and O–H groups in total. The van der Waals surface area contributed by atoms with Gasteiger partial charge in [-0.25, -0.2) is 0 Å². The Morgan fingerprint density at radius 3 is 2.87 bits per heavy atom. The van der Waals surface area contributed by atoms with Crippen molar-refractivity contribution in [1.82, 2.24) is 10.3 Å². The highest BCUT2D eigenvalue weighted by Gasteiger charge is 2.24. The fraction of sp³-hybridized carbons (Fsp3) is 0.158. The third-order valence-electron chi connectivity index (χ3n) is 4.15. The lowest BCUT2D eigenvalue weighted by molar-refractivity contribution is 0.0921. The number of rotatable bonds is 2. The summed E-state index contributed by atoms with van der Waals surface area (Å²) in [6.07, 6.45) is 2.43. The van der Waals surface area contributed by atoms with E-state index in [0.717, 1.165) is 28.5 Å². The van der Waals surface area contributed by atoms with E-state index in [-0.39, 0.29) is 11.9 Å². The number of pyridine rings is 1. The molecule has 3 aromatic rings. The largest absolute Gasteiger partial charge is 0.493 e. The van der Waals surface area contributed by atoms with E-state index in [0.29, 0.717) is 12.3 Å². The lowest BCUT2D eigenvalue weighted by Gasteiger charge is -2.26. The number of amides is 1. The van der Waals surface area contributed by atoms with E-state index in [1.165, 1.54) is 0 Å². The first-order chi connectivity index (χ1) is 11.3. The molecular formula is C19H16N2O2. The monoisotopic (exact) mass is 304 g/mol. The standard InChI is InChI=1S/C19H16N2O2/c22-19(18-14-6-2-1-5-13(14)9-11-20-18)21-16-10-12-23-17-8-4-3-7-15(16)17/h1-9,11,16H,10,12H2,(H,21,22)/t16-/m1/s1. The average molecular weight is 304 g/mol. The third-order valence-corrected chi connectivity index (χ3v) is 4.15. The Bertz CT molecular complexity index is 871. The molecule has 2 aromatic carbocycles. The molecule has 1 amide bonds. The molecule has 0 aliphatic carbocycles. The molecule has 0 radical (unpaired) electrons. The summed E-state index contributed by atoms with van der Waals surface area (Å²) in [7, 11) is 0. The van der Waals surface area contributed by atoms with Gasteiger partial charge in [0.15, 0.2) is 0 Å². The van der Waals surface area contributed by atoms with Gasteiger partial charge in [0.25, 0.3) is 5.91 Å². The number of para-hydroxylation sites is 1. The van der Waals surface area contributed by atoms with Crippen molar-refractivity contribution >= 4 is 16.7 Å². The molecule has 0 saturated heterocycles. The Balaban J connectivity index is 1.66. The van der Waals surface area contributed by atoms with Crippen molar-refractivity contribution in [3.63, 3.8) is 0 Å². The summed E-state index contributed by atoms with van der Waals surface area (Å²) < 4.78 is 5.64. The Hall–Kier alpha value is -2.88. The van der Waals surface area contributed by atoms with Gasteiger partial charge in [-0.2, -0.15) is 0 Å². The maximum absolute atomic E-state index is 12.7. The minimum atomic E-state index is -0.150. The van der Waals surface area contributed by atoms with E-state index in [2.05, 4.69) is 10.3 Å². The van der Waals surface area contributed by atoms with Gasteiger partial charge in [-0.1, -0.05) is 42.5 Å². The van der Waals surface area contributed by atoms with Crippen LogP contribution in [0.2, 0.25) is 0 Å². The number of ether oxygens (including phenoxy) is 1. The van der Waals surface area contributed by atoms with E-state index < -0.39 is 0 Å². The maximum Gasteiger partial charge on any atom is 0.271 e. The molecule has 114 valence electrons. The first-order valence-electron chi connectivity index (χ1n) is 7.69. The van der Waals surface area contributed by atoms with Crippen molar-refractivity contribution in [3.05, 3.63) is 72.1 Å². The summed E-state index contributed by atoms with van der Waals surface area (Å²) in [5, 5.41) is 4.98. The zero-order valence-electron chi connectivity index (χ0n) is 12.5. The van der Waals surface area contributed by atoms with Gasteiger partial charge in [0.1, 0.15) is 11.4 Å². The number of fused-ring (bicyclic) bond motifs is 2. The van der Waals surface area contributed by atoms with Gasteiger partial charge in [-0.15, -0.1) is 0 Å². The van der Waals surface area contributed by atoms with Gasteiger partial charge in [0.2, 0.25) is 0 Å². The molecule has 0 fully saturated rings. The molecule has 1 aromatic heterocycles. The fourth-order valence-electron chi connectivity index (χ4n) is 3.02. The van der Waals surface area contributed by atoms with E-state index in [1.807, 2.05) is 54.6 Å². The van der Waals surface area contributed by atoms with Crippen molar-refractivity contribution in [3.8, 4) is 5.75 Å². The predicted octanol–water partition coefficient (Wildman–Crippen LogP) is 3.49. The number of nitrogens with zero attached hydrogens (tertiary/aromatic N) is 1. The second kappa shape index (κ2) is 5.72. The molecule has 1 aliphatic heterocycles. The fourth-order valence-corrected chi connectivity index (χ4v) is 3.02. The Morgan fingerprint density at radius 2 is 1.91 bits per heavy atom. The molecule has 0 spiro atoms. The summed E-state index contributed by atoms with van der Waals surface area (Å²) in [6, 6.07) is 17.5. The zero-order valence-corrected chi connectivity index (χ0v) is 12.5. The average Bonchev–Trinajstić information content (AvgIpc) is 2.61. The second-order valence-corrected chi connectivity index (χ2v) is 5.58. The smallest absolute Gasteiger partial charge is 0.271 e. The van der Waals surface area contributed by atoms with Crippen LogP contribution in [0.4, 0.5) is 0 Å². The molecule has 4 nitrogen and oxygen atoms in total. The van der Waals surface area contributed by atoms with Gasteiger partial charge in [-0.05, 0) is 17.5 Å². The van der Waals surface area contributed by atoms with Crippen molar-refractivity contribution in [2.45, 2.75) is 12.5 Å². The molecule has 0 saturated carbocycles. The van der Waals surface area contributed by atoms with Gasteiger partial charge in [0, 0.05) is 23.6 Å². The van der Waals surface area contributed by atoms with Crippen LogP contribution in [0.3, 0.4) is 0 Å². The summed E-state index contributed by atoms with van der Waals surface area (Å²) in [5.41, 5.74) is 1.49. The van der Waals surface area contributed by atoms with Crippen LogP contribution in [0, 0.1) is 0 Å². The first kappa shape index (κ1) is 13.8. The molecular weight excluding hydrogens is 288 g/mol. The Morgan fingerprint density at radius 1 is 1.09 bits per heavy atom. The molecule has 0 bridgehead atoms. The highest BCUT2D eigenvalue weighted by atomic mass is 16.5. The maximum atomic E-state index is 12.7. The van der Waals surface area contributed by atoms with Crippen LogP contribution in [0.1, 0.15) is 28.5 Å². The number of benzene rings is 2. The van der Waals surface area contributed by atoms with E-state index in [4.69, 9.17) is 4.74 Å². The first-order valence-corrected chi connectivity index (χ1v) is 7.69. The molecule has 23 heavy (non-hydrogen) atoms. The van der Waals surface area contributed by atoms with Crippen LogP contribution in [-0.4, -0.2) is 17.5 Å². The quantitative estimate of drug-likeness (QED) is 0.788. The highest BCUT2D eigenvalue weighted by molar-refractivity contribution is 6.05.